The summed E-state index contributed by atoms with van der Waals surface area (Å²) in [5.41, 5.74) is 4.11. The van der Waals surface area contributed by atoms with Gasteiger partial charge in [-0.15, -0.1) is 0 Å². The zero-order chi connectivity index (χ0) is 16.9. The molecule has 0 atom stereocenters. The van der Waals surface area contributed by atoms with Gasteiger partial charge in [-0.3, -0.25) is 4.57 Å². The van der Waals surface area contributed by atoms with Crippen LogP contribution in [0.1, 0.15) is 11.3 Å². The summed E-state index contributed by atoms with van der Waals surface area (Å²) >= 11 is 0. The third kappa shape index (κ3) is 3.09. The molecule has 24 heavy (non-hydrogen) atoms. The highest BCUT2D eigenvalue weighted by molar-refractivity contribution is 5.90. The molecule has 0 unspecified atom stereocenters. The number of ether oxygens (including phenoxy) is 1. The standard InChI is InChI=1S/C17H16N6O/c1-12-3-5-14(6-4-12)19-8-13(7-18)15-16-17(21-9-20-15)23(10-22-16)11-24-2/h3-6,8-10,19H,11H2,1-2H3/b13-8-. The first-order valence-electron chi connectivity index (χ1n) is 7.31. The average Bonchev–Trinajstić information content (AvgIpc) is 3.01. The van der Waals surface area contributed by atoms with Crippen molar-refractivity contribution in [2.24, 2.45) is 0 Å². The van der Waals surface area contributed by atoms with E-state index in [4.69, 9.17) is 4.74 Å². The van der Waals surface area contributed by atoms with Crippen molar-refractivity contribution < 1.29 is 4.74 Å². The number of allylic oxidation sites excluding steroid dienone is 1. The second-order valence-electron chi connectivity index (χ2n) is 5.21. The van der Waals surface area contributed by atoms with Crippen molar-refractivity contribution in [1.82, 2.24) is 19.5 Å². The van der Waals surface area contributed by atoms with Crippen LogP contribution in [0.3, 0.4) is 0 Å². The SMILES string of the molecule is COCn1cnc2c(/C(C#N)=C\Nc3ccc(C)cc3)ncnc21. The van der Waals surface area contributed by atoms with Gasteiger partial charge in [-0.25, -0.2) is 15.0 Å². The maximum absolute atomic E-state index is 9.49. The molecule has 0 radical (unpaired) electrons. The highest BCUT2D eigenvalue weighted by Crippen LogP contribution is 2.20. The van der Waals surface area contributed by atoms with Crippen LogP contribution in [0.4, 0.5) is 5.69 Å². The van der Waals surface area contributed by atoms with Crippen molar-refractivity contribution in [2.45, 2.75) is 13.7 Å². The maximum Gasteiger partial charge on any atom is 0.165 e. The lowest BCUT2D eigenvalue weighted by Gasteiger charge is -2.04. The number of nitrogens with one attached hydrogen (secondary N) is 1. The molecule has 0 aliphatic rings. The lowest BCUT2D eigenvalue weighted by atomic mass is 10.2. The molecule has 3 aromatic rings. The van der Waals surface area contributed by atoms with Gasteiger partial charge in [-0.1, -0.05) is 17.7 Å². The Labute approximate surface area is 139 Å². The lowest BCUT2D eigenvalue weighted by molar-refractivity contribution is 0.134. The Bertz CT molecular complexity index is 920. The summed E-state index contributed by atoms with van der Waals surface area (Å²) in [6, 6.07) is 10.1. The van der Waals surface area contributed by atoms with Crippen molar-refractivity contribution >= 4 is 22.4 Å². The zero-order valence-electron chi connectivity index (χ0n) is 13.4. The van der Waals surface area contributed by atoms with Gasteiger partial charge in [-0.2, -0.15) is 5.26 Å². The van der Waals surface area contributed by atoms with Crippen molar-refractivity contribution in [1.29, 1.82) is 5.26 Å². The van der Waals surface area contributed by atoms with E-state index in [1.54, 1.807) is 24.2 Å². The average molecular weight is 320 g/mol. The van der Waals surface area contributed by atoms with Crippen LogP contribution in [0.15, 0.2) is 43.1 Å². The monoisotopic (exact) mass is 320 g/mol. The summed E-state index contributed by atoms with van der Waals surface area (Å²) in [7, 11) is 1.60. The predicted octanol–water partition coefficient (Wildman–Crippen LogP) is 2.72. The number of nitrogens with zero attached hydrogens (tertiary/aromatic N) is 5. The molecule has 3 rings (SSSR count). The Hall–Kier alpha value is -3.24. The van der Waals surface area contributed by atoms with Gasteiger partial charge in [0.2, 0.25) is 0 Å². The Balaban J connectivity index is 1.96. The van der Waals surface area contributed by atoms with E-state index in [-0.39, 0.29) is 0 Å². The summed E-state index contributed by atoms with van der Waals surface area (Å²) in [5, 5.41) is 12.6. The van der Waals surface area contributed by atoms with E-state index in [0.29, 0.717) is 29.2 Å². The van der Waals surface area contributed by atoms with Crippen molar-refractivity contribution in [3.63, 3.8) is 0 Å². The number of aryl methyl sites for hydroxylation is 1. The van der Waals surface area contributed by atoms with Crippen LogP contribution in [0.25, 0.3) is 16.7 Å². The van der Waals surface area contributed by atoms with Crippen LogP contribution in [0, 0.1) is 18.3 Å². The first kappa shape index (κ1) is 15.6. The second kappa shape index (κ2) is 6.89. The molecule has 7 heteroatoms. The number of benzene rings is 1. The molecule has 0 fully saturated rings. The Morgan fingerprint density at radius 3 is 2.79 bits per heavy atom. The maximum atomic E-state index is 9.49. The van der Waals surface area contributed by atoms with Crippen LogP contribution in [-0.2, 0) is 11.5 Å². The minimum Gasteiger partial charge on any atom is -0.364 e. The third-order valence-corrected chi connectivity index (χ3v) is 3.48. The molecular weight excluding hydrogens is 304 g/mol. The van der Waals surface area contributed by atoms with Crippen molar-refractivity contribution in [2.75, 3.05) is 12.4 Å². The highest BCUT2D eigenvalue weighted by Gasteiger charge is 2.13. The Morgan fingerprint density at radius 1 is 1.29 bits per heavy atom. The molecule has 0 amide bonds. The van der Waals surface area contributed by atoms with Gasteiger partial charge in [-0.05, 0) is 19.1 Å². The molecule has 2 aromatic heterocycles. The molecule has 0 saturated carbocycles. The lowest BCUT2D eigenvalue weighted by Crippen LogP contribution is -2.00. The summed E-state index contributed by atoms with van der Waals surface area (Å²) in [4.78, 5) is 12.7. The summed E-state index contributed by atoms with van der Waals surface area (Å²) < 4.78 is 6.86. The first-order chi connectivity index (χ1) is 11.7. The molecule has 2 heterocycles. The Morgan fingerprint density at radius 2 is 2.08 bits per heavy atom. The fourth-order valence-electron chi connectivity index (χ4n) is 2.27. The van der Waals surface area contributed by atoms with Crippen molar-refractivity contribution in [3.05, 3.63) is 54.4 Å². The van der Waals surface area contributed by atoms with Crippen LogP contribution >= 0.6 is 0 Å². The largest absolute Gasteiger partial charge is 0.364 e. The number of imidazole rings is 1. The van der Waals surface area contributed by atoms with Gasteiger partial charge in [0.15, 0.2) is 5.65 Å². The van der Waals surface area contributed by atoms with E-state index < -0.39 is 0 Å². The second-order valence-corrected chi connectivity index (χ2v) is 5.21. The molecule has 0 aliphatic heterocycles. The van der Waals surface area contributed by atoms with Gasteiger partial charge in [0.05, 0.1) is 11.9 Å². The van der Waals surface area contributed by atoms with E-state index in [9.17, 15) is 5.26 Å². The summed E-state index contributed by atoms with van der Waals surface area (Å²) in [6.07, 6.45) is 4.67. The number of hydrogen-bond donors (Lipinski definition) is 1. The van der Waals surface area contributed by atoms with E-state index in [2.05, 4.69) is 26.3 Å². The smallest absolute Gasteiger partial charge is 0.165 e. The number of anilines is 1. The normalized spacial score (nSPS) is 11.5. The number of methoxy groups -OCH3 is 1. The molecule has 120 valence electrons. The minimum absolute atomic E-state index is 0.334. The molecule has 1 aromatic carbocycles. The number of rotatable bonds is 5. The van der Waals surface area contributed by atoms with Crippen LogP contribution in [-0.4, -0.2) is 26.6 Å². The molecule has 7 nitrogen and oxygen atoms in total. The molecule has 0 saturated heterocycles. The fraction of sp³-hybridized carbons (Fsp3) is 0.176. The number of nitriles is 1. The fourth-order valence-corrected chi connectivity index (χ4v) is 2.27. The third-order valence-electron chi connectivity index (χ3n) is 3.48. The Kier molecular flexibility index (Phi) is 4.50. The topological polar surface area (TPSA) is 88.7 Å². The van der Waals surface area contributed by atoms with Gasteiger partial charge >= 0.3 is 0 Å². The quantitative estimate of drug-likeness (QED) is 0.727. The highest BCUT2D eigenvalue weighted by atomic mass is 16.5. The van der Waals surface area contributed by atoms with E-state index in [0.717, 1.165) is 5.69 Å². The van der Waals surface area contributed by atoms with Gasteiger partial charge in [0.1, 0.15) is 30.3 Å². The van der Waals surface area contributed by atoms with Gasteiger partial charge in [0, 0.05) is 19.0 Å². The number of fused-ring (bicyclic) bond motifs is 1. The summed E-state index contributed by atoms with van der Waals surface area (Å²) in [6.45, 7) is 2.36. The molecule has 0 bridgehead atoms. The molecule has 0 spiro atoms. The van der Waals surface area contributed by atoms with E-state index in [1.807, 2.05) is 31.2 Å². The van der Waals surface area contributed by atoms with Crippen LogP contribution < -0.4 is 5.32 Å². The minimum atomic E-state index is 0.334. The summed E-state index contributed by atoms with van der Waals surface area (Å²) in [5.74, 6) is 0. The predicted molar refractivity (Wildman–Crippen MR) is 90.7 cm³/mol. The van der Waals surface area contributed by atoms with Gasteiger partial charge in [0.25, 0.3) is 0 Å². The molecular formula is C17H16N6O. The molecule has 0 aliphatic carbocycles. The van der Waals surface area contributed by atoms with Crippen LogP contribution in [0.5, 0.6) is 0 Å². The van der Waals surface area contributed by atoms with E-state index >= 15 is 0 Å². The number of aromatic nitrogens is 4. The molecule has 1 N–H and O–H groups in total. The zero-order valence-corrected chi connectivity index (χ0v) is 13.4. The van der Waals surface area contributed by atoms with Crippen molar-refractivity contribution in [3.8, 4) is 6.07 Å². The van der Waals surface area contributed by atoms with Gasteiger partial charge < -0.3 is 10.1 Å². The van der Waals surface area contributed by atoms with E-state index in [1.165, 1.54) is 11.9 Å². The van der Waals surface area contributed by atoms with Crippen LogP contribution in [0.2, 0.25) is 0 Å². The first-order valence-corrected chi connectivity index (χ1v) is 7.31. The number of hydrogen-bond acceptors (Lipinski definition) is 6.